The number of hydrogen-bond acceptors (Lipinski definition) is 5. The Kier molecular flexibility index (Phi) is 6.63. The summed E-state index contributed by atoms with van der Waals surface area (Å²) in [7, 11) is 0. The van der Waals surface area contributed by atoms with Gasteiger partial charge in [0.05, 0.1) is 0 Å². The van der Waals surface area contributed by atoms with E-state index in [4.69, 9.17) is 9.47 Å². The Hall–Kier alpha value is -1.92. The standard InChI is InChI=1S/C20H28N2O4/c23-14-17-4-6-18(7-5-17)26-15-19(24)21-16-20(8-12-25-13-9-20)22-10-2-1-3-11-22/h4-7,14H,1-3,8-13,15-16H2,(H,21,24). The van der Waals surface area contributed by atoms with Gasteiger partial charge in [-0.2, -0.15) is 0 Å². The molecule has 26 heavy (non-hydrogen) atoms. The summed E-state index contributed by atoms with van der Waals surface area (Å²) in [4.78, 5) is 25.5. The monoisotopic (exact) mass is 360 g/mol. The maximum absolute atomic E-state index is 12.3. The Morgan fingerprint density at radius 2 is 1.85 bits per heavy atom. The molecule has 3 rings (SSSR count). The molecule has 142 valence electrons. The minimum Gasteiger partial charge on any atom is -0.484 e. The molecule has 6 nitrogen and oxygen atoms in total. The first-order valence-corrected chi connectivity index (χ1v) is 9.49. The second kappa shape index (κ2) is 9.14. The molecule has 1 N–H and O–H groups in total. The quantitative estimate of drug-likeness (QED) is 0.754. The highest BCUT2D eigenvalue weighted by atomic mass is 16.5. The van der Waals surface area contributed by atoms with Gasteiger partial charge in [-0.1, -0.05) is 6.42 Å². The van der Waals surface area contributed by atoms with Crippen LogP contribution >= 0.6 is 0 Å². The van der Waals surface area contributed by atoms with Crippen LogP contribution < -0.4 is 10.1 Å². The molecular weight excluding hydrogens is 332 g/mol. The van der Waals surface area contributed by atoms with Crippen LogP contribution in [0.15, 0.2) is 24.3 Å². The summed E-state index contributed by atoms with van der Waals surface area (Å²) in [5.74, 6) is 0.468. The van der Waals surface area contributed by atoms with E-state index >= 15 is 0 Å². The molecule has 0 saturated carbocycles. The van der Waals surface area contributed by atoms with E-state index in [0.717, 1.165) is 45.4 Å². The van der Waals surface area contributed by atoms with Gasteiger partial charge in [-0.25, -0.2) is 0 Å². The molecule has 0 bridgehead atoms. The topological polar surface area (TPSA) is 67.9 Å². The molecule has 0 aliphatic carbocycles. The first-order valence-electron chi connectivity index (χ1n) is 9.49. The molecule has 0 radical (unpaired) electrons. The maximum atomic E-state index is 12.3. The fourth-order valence-electron chi connectivity index (χ4n) is 3.83. The van der Waals surface area contributed by atoms with Crippen molar-refractivity contribution >= 4 is 12.2 Å². The average molecular weight is 360 g/mol. The number of likely N-dealkylation sites (tertiary alicyclic amines) is 1. The fourth-order valence-corrected chi connectivity index (χ4v) is 3.83. The number of aldehydes is 1. The number of carbonyl (C=O) groups is 2. The molecule has 6 heteroatoms. The SMILES string of the molecule is O=Cc1ccc(OCC(=O)NCC2(N3CCCCC3)CCOCC2)cc1. The number of carbonyl (C=O) groups excluding carboxylic acids is 2. The molecule has 0 aromatic heterocycles. The number of benzene rings is 1. The van der Waals surface area contributed by atoms with Crippen molar-refractivity contribution < 1.29 is 19.1 Å². The highest BCUT2D eigenvalue weighted by Crippen LogP contribution is 2.30. The number of piperidine rings is 1. The van der Waals surface area contributed by atoms with Crippen molar-refractivity contribution in [1.29, 1.82) is 0 Å². The van der Waals surface area contributed by atoms with Gasteiger partial charge in [-0.05, 0) is 63.0 Å². The molecule has 1 aromatic rings. The molecule has 2 aliphatic heterocycles. The van der Waals surface area contributed by atoms with Crippen LogP contribution in [0.2, 0.25) is 0 Å². The number of rotatable bonds is 7. The molecule has 0 atom stereocenters. The van der Waals surface area contributed by atoms with E-state index < -0.39 is 0 Å². The molecule has 1 aromatic carbocycles. The van der Waals surface area contributed by atoms with Crippen LogP contribution in [0, 0.1) is 0 Å². The summed E-state index contributed by atoms with van der Waals surface area (Å²) >= 11 is 0. The number of hydrogen-bond donors (Lipinski definition) is 1. The third-order valence-corrected chi connectivity index (χ3v) is 5.45. The van der Waals surface area contributed by atoms with E-state index in [0.29, 0.717) is 17.9 Å². The molecule has 2 saturated heterocycles. The van der Waals surface area contributed by atoms with Gasteiger partial charge < -0.3 is 14.8 Å². The van der Waals surface area contributed by atoms with Crippen molar-refractivity contribution in [3.05, 3.63) is 29.8 Å². The highest BCUT2D eigenvalue weighted by Gasteiger charge is 2.39. The summed E-state index contributed by atoms with van der Waals surface area (Å²) in [6.45, 7) is 4.35. The fraction of sp³-hybridized carbons (Fsp3) is 0.600. The van der Waals surface area contributed by atoms with E-state index in [1.165, 1.54) is 19.3 Å². The zero-order valence-corrected chi connectivity index (χ0v) is 15.2. The van der Waals surface area contributed by atoms with Gasteiger partial charge in [0.1, 0.15) is 12.0 Å². The Bertz CT molecular complexity index is 590. The molecule has 2 heterocycles. The van der Waals surface area contributed by atoms with Crippen LogP contribution in [-0.2, 0) is 9.53 Å². The van der Waals surface area contributed by atoms with Crippen molar-refractivity contribution in [3.8, 4) is 5.75 Å². The third-order valence-electron chi connectivity index (χ3n) is 5.45. The van der Waals surface area contributed by atoms with Crippen molar-refractivity contribution in [1.82, 2.24) is 10.2 Å². The lowest BCUT2D eigenvalue weighted by Crippen LogP contribution is -2.59. The molecule has 1 amide bonds. The van der Waals surface area contributed by atoms with Gasteiger partial charge in [-0.3, -0.25) is 14.5 Å². The van der Waals surface area contributed by atoms with E-state index in [-0.39, 0.29) is 18.1 Å². The lowest BCUT2D eigenvalue weighted by molar-refractivity contribution is -0.124. The second-order valence-corrected chi connectivity index (χ2v) is 7.14. The van der Waals surface area contributed by atoms with E-state index in [9.17, 15) is 9.59 Å². The van der Waals surface area contributed by atoms with Crippen LogP contribution in [0.1, 0.15) is 42.5 Å². The van der Waals surface area contributed by atoms with E-state index in [1.807, 2.05) is 0 Å². The van der Waals surface area contributed by atoms with Crippen LogP contribution in [-0.4, -0.2) is 62.1 Å². The summed E-state index contributed by atoms with van der Waals surface area (Å²) in [5.41, 5.74) is 0.602. The molecule has 2 aliphatic rings. The zero-order chi connectivity index (χ0) is 18.2. The van der Waals surface area contributed by atoms with Crippen LogP contribution in [0.25, 0.3) is 0 Å². The summed E-state index contributed by atoms with van der Waals surface area (Å²) in [6, 6.07) is 6.75. The predicted octanol–water partition coefficient (Wildman–Crippen LogP) is 2.03. The van der Waals surface area contributed by atoms with Gasteiger partial charge in [-0.15, -0.1) is 0 Å². The van der Waals surface area contributed by atoms with Crippen LogP contribution in [0.3, 0.4) is 0 Å². The number of nitrogens with zero attached hydrogens (tertiary/aromatic N) is 1. The van der Waals surface area contributed by atoms with Gasteiger partial charge in [0.2, 0.25) is 0 Å². The minimum atomic E-state index is -0.118. The summed E-state index contributed by atoms with van der Waals surface area (Å²) < 4.78 is 11.1. The lowest BCUT2D eigenvalue weighted by atomic mass is 9.86. The molecule has 2 fully saturated rings. The number of amides is 1. The van der Waals surface area contributed by atoms with Crippen LogP contribution in [0.5, 0.6) is 5.75 Å². The smallest absolute Gasteiger partial charge is 0.258 e. The maximum Gasteiger partial charge on any atom is 0.258 e. The predicted molar refractivity (Wildman–Crippen MR) is 98.5 cm³/mol. The van der Waals surface area contributed by atoms with E-state index in [1.54, 1.807) is 24.3 Å². The zero-order valence-electron chi connectivity index (χ0n) is 15.2. The van der Waals surface area contributed by atoms with Gasteiger partial charge in [0.25, 0.3) is 5.91 Å². The average Bonchev–Trinajstić information content (AvgIpc) is 2.72. The summed E-state index contributed by atoms with van der Waals surface area (Å²) in [6.07, 6.45) is 6.46. The highest BCUT2D eigenvalue weighted by molar-refractivity contribution is 5.78. The van der Waals surface area contributed by atoms with Gasteiger partial charge >= 0.3 is 0 Å². The lowest BCUT2D eigenvalue weighted by Gasteiger charge is -2.48. The van der Waals surface area contributed by atoms with Crippen molar-refractivity contribution in [2.24, 2.45) is 0 Å². The minimum absolute atomic E-state index is 0.0138. The molecular formula is C20H28N2O4. The molecule has 0 spiro atoms. The number of nitrogens with one attached hydrogen (secondary N) is 1. The first kappa shape index (κ1) is 18.9. The van der Waals surface area contributed by atoms with E-state index in [2.05, 4.69) is 10.2 Å². The Morgan fingerprint density at radius 3 is 2.50 bits per heavy atom. The van der Waals surface area contributed by atoms with Gasteiger partial charge in [0, 0.05) is 30.9 Å². The second-order valence-electron chi connectivity index (χ2n) is 7.14. The Morgan fingerprint density at radius 1 is 1.15 bits per heavy atom. The van der Waals surface area contributed by atoms with Gasteiger partial charge in [0.15, 0.2) is 6.61 Å². The third kappa shape index (κ3) is 4.83. The largest absolute Gasteiger partial charge is 0.484 e. The Labute approximate surface area is 154 Å². The number of ether oxygens (including phenoxy) is 2. The summed E-state index contributed by atoms with van der Waals surface area (Å²) in [5, 5.41) is 3.07. The normalized spacial score (nSPS) is 20.3. The van der Waals surface area contributed by atoms with Crippen molar-refractivity contribution in [2.45, 2.75) is 37.6 Å². The van der Waals surface area contributed by atoms with Crippen molar-refractivity contribution in [2.75, 3.05) is 39.5 Å². The molecule has 0 unspecified atom stereocenters. The first-order chi connectivity index (χ1) is 12.7. The van der Waals surface area contributed by atoms with Crippen molar-refractivity contribution in [3.63, 3.8) is 0 Å². The van der Waals surface area contributed by atoms with Crippen LogP contribution in [0.4, 0.5) is 0 Å². The Balaban J connectivity index is 1.51.